The van der Waals surface area contributed by atoms with Crippen LogP contribution in [-0.4, -0.2) is 58.9 Å². The molecule has 1 aliphatic heterocycles. The number of nitrogens with zero attached hydrogens (tertiary/aromatic N) is 1. The first-order chi connectivity index (χ1) is 13.9. The van der Waals surface area contributed by atoms with Gasteiger partial charge in [-0.05, 0) is 52.3 Å². The molecular formula is C21H29BrN2O6. The van der Waals surface area contributed by atoms with E-state index < -0.39 is 41.3 Å². The summed E-state index contributed by atoms with van der Waals surface area (Å²) in [4.78, 5) is 39.7. The molecule has 1 aliphatic rings. The van der Waals surface area contributed by atoms with Gasteiger partial charge in [0.1, 0.15) is 11.6 Å². The number of rotatable bonds is 5. The van der Waals surface area contributed by atoms with Crippen LogP contribution in [0.5, 0.6) is 0 Å². The highest BCUT2D eigenvalue weighted by Gasteiger charge is 2.45. The van der Waals surface area contributed by atoms with Crippen LogP contribution in [0.1, 0.15) is 46.6 Å². The Hall–Kier alpha value is -2.13. The minimum Gasteiger partial charge on any atom is -0.464 e. The number of aliphatic hydroxyl groups is 1. The molecule has 2 amide bonds. The molecular weight excluding hydrogens is 456 g/mol. The first kappa shape index (κ1) is 24.1. The topological polar surface area (TPSA) is 105 Å². The van der Waals surface area contributed by atoms with Gasteiger partial charge in [0.05, 0.1) is 19.3 Å². The molecule has 0 aromatic heterocycles. The summed E-state index contributed by atoms with van der Waals surface area (Å²) in [7, 11) is 0. The van der Waals surface area contributed by atoms with E-state index in [9.17, 15) is 19.5 Å². The Morgan fingerprint density at radius 2 is 1.80 bits per heavy atom. The standard InChI is InChI=1S/C21H29BrN2O6/c1-6-29-18(27)21(5,13-7-9-14(22)10-8-13)23-17(26)16-11-15(25)12-24(16)19(28)30-20(2,3)4/h7-10,15-16,25H,6,11-12H2,1-5H3,(H,23,26)/t15-,16-,21?/m1/s1. The third-order valence-electron chi connectivity index (χ3n) is 4.69. The van der Waals surface area contributed by atoms with Crippen molar-refractivity contribution < 1.29 is 29.0 Å². The third kappa shape index (κ3) is 5.72. The smallest absolute Gasteiger partial charge is 0.411 e. The van der Waals surface area contributed by atoms with Crippen molar-refractivity contribution in [3.05, 3.63) is 34.3 Å². The van der Waals surface area contributed by atoms with Crippen molar-refractivity contribution in [1.82, 2.24) is 10.2 Å². The van der Waals surface area contributed by atoms with Gasteiger partial charge in [0.2, 0.25) is 5.91 Å². The van der Waals surface area contributed by atoms with Gasteiger partial charge in [0, 0.05) is 10.9 Å². The summed E-state index contributed by atoms with van der Waals surface area (Å²) in [5.74, 6) is -1.20. The zero-order valence-electron chi connectivity index (χ0n) is 17.9. The molecule has 0 spiro atoms. The largest absolute Gasteiger partial charge is 0.464 e. The lowest BCUT2D eigenvalue weighted by Crippen LogP contribution is -2.56. The maximum absolute atomic E-state index is 13.1. The van der Waals surface area contributed by atoms with Crippen molar-refractivity contribution in [3.63, 3.8) is 0 Å². The number of benzene rings is 1. The van der Waals surface area contributed by atoms with E-state index in [1.54, 1.807) is 58.9 Å². The third-order valence-corrected chi connectivity index (χ3v) is 5.22. The van der Waals surface area contributed by atoms with Crippen molar-refractivity contribution in [3.8, 4) is 0 Å². The second-order valence-corrected chi connectivity index (χ2v) is 9.30. The fourth-order valence-electron chi connectivity index (χ4n) is 3.21. The number of nitrogens with one attached hydrogen (secondary N) is 1. The van der Waals surface area contributed by atoms with E-state index in [0.29, 0.717) is 5.56 Å². The fraction of sp³-hybridized carbons (Fsp3) is 0.571. The molecule has 30 heavy (non-hydrogen) atoms. The maximum Gasteiger partial charge on any atom is 0.411 e. The van der Waals surface area contributed by atoms with Gasteiger partial charge >= 0.3 is 12.1 Å². The predicted molar refractivity (Wildman–Crippen MR) is 114 cm³/mol. The molecule has 1 unspecified atom stereocenters. The predicted octanol–water partition coefficient (Wildman–Crippen LogP) is 2.71. The monoisotopic (exact) mass is 484 g/mol. The maximum atomic E-state index is 13.1. The van der Waals surface area contributed by atoms with Crippen LogP contribution in [0.25, 0.3) is 0 Å². The van der Waals surface area contributed by atoms with Crippen molar-refractivity contribution in [2.45, 2.75) is 64.3 Å². The van der Waals surface area contributed by atoms with Gasteiger partial charge in [-0.15, -0.1) is 0 Å². The summed E-state index contributed by atoms with van der Waals surface area (Å²) >= 11 is 3.35. The molecule has 0 saturated carbocycles. The molecule has 1 fully saturated rings. The highest BCUT2D eigenvalue weighted by molar-refractivity contribution is 9.10. The van der Waals surface area contributed by atoms with Crippen LogP contribution in [0.3, 0.4) is 0 Å². The second-order valence-electron chi connectivity index (χ2n) is 8.38. The molecule has 2 N–H and O–H groups in total. The lowest BCUT2D eigenvalue weighted by molar-refractivity contribution is -0.153. The van der Waals surface area contributed by atoms with Crippen LogP contribution in [0, 0.1) is 0 Å². The average Bonchev–Trinajstić information content (AvgIpc) is 3.03. The Balaban J connectivity index is 2.30. The lowest BCUT2D eigenvalue weighted by Gasteiger charge is -2.32. The SMILES string of the molecule is CCOC(=O)C(C)(NC(=O)[C@H]1C[C@@H](O)CN1C(=O)OC(C)(C)C)c1ccc(Br)cc1. The quantitative estimate of drug-likeness (QED) is 0.622. The van der Waals surface area contributed by atoms with Crippen LogP contribution in [0.4, 0.5) is 4.79 Å². The molecule has 1 aromatic carbocycles. The Kier molecular flexibility index (Phi) is 7.52. The number of β-amino-alcohol motifs (C(OH)–C–C–N with tert-alkyl or cyclic N) is 1. The van der Waals surface area contributed by atoms with Crippen molar-refractivity contribution >= 4 is 33.9 Å². The van der Waals surface area contributed by atoms with Crippen molar-refractivity contribution in [1.29, 1.82) is 0 Å². The summed E-state index contributed by atoms with van der Waals surface area (Å²) in [5.41, 5.74) is -1.69. The Bertz CT molecular complexity index is 792. The van der Waals surface area contributed by atoms with E-state index in [4.69, 9.17) is 9.47 Å². The molecule has 0 aliphatic carbocycles. The van der Waals surface area contributed by atoms with E-state index >= 15 is 0 Å². The Morgan fingerprint density at radius 1 is 1.20 bits per heavy atom. The number of hydrogen-bond donors (Lipinski definition) is 2. The van der Waals surface area contributed by atoms with E-state index in [1.807, 2.05) is 0 Å². The summed E-state index contributed by atoms with van der Waals surface area (Å²) in [6.45, 7) is 8.51. The molecule has 9 heteroatoms. The van der Waals surface area contributed by atoms with Gasteiger partial charge < -0.3 is 19.9 Å². The summed E-state index contributed by atoms with van der Waals surface area (Å²) in [6.07, 6.45) is -1.51. The van der Waals surface area contributed by atoms with Crippen molar-refractivity contribution in [2.75, 3.05) is 13.2 Å². The number of likely N-dealkylation sites (tertiary alicyclic amines) is 1. The van der Waals surface area contributed by atoms with Crippen LogP contribution >= 0.6 is 15.9 Å². The lowest BCUT2D eigenvalue weighted by atomic mass is 9.91. The molecule has 0 bridgehead atoms. The summed E-state index contributed by atoms with van der Waals surface area (Å²) in [6, 6.07) is 5.95. The van der Waals surface area contributed by atoms with E-state index in [1.165, 1.54) is 4.90 Å². The molecule has 1 aromatic rings. The number of carbonyl (C=O) groups excluding carboxylic acids is 3. The minimum atomic E-state index is -1.47. The summed E-state index contributed by atoms with van der Waals surface area (Å²) < 4.78 is 11.4. The molecule has 8 nitrogen and oxygen atoms in total. The second kappa shape index (κ2) is 9.34. The van der Waals surface area contributed by atoms with Crippen LogP contribution in [0.15, 0.2) is 28.7 Å². The first-order valence-corrected chi connectivity index (χ1v) is 10.6. The van der Waals surface area contributed by atoms with Gasteiger partial charge in [-0.1, -0.05) is 28.1 Å². The Labute approximate surface area is 185 Å². The molecule has 1 saturated heterocycles. The zero-order valence-corrected chi connectivity index (χ0v) is 19.5. The number of aliphatic hydroxyl groups excluding tert-OH is 1. The van der Waals surface area contributed by atoms with Crippen LogP contribution < -0.4 is 5.32 Å². The normalized spacial score (nSPS) is 21.0. The van der Waals surface area contributed by atoms with Gasteiger partial charge in [0.15, 0.2) is 5.54 Å². The fourth-order valence-corrected chi connectivity index (χ4v) is 3.48. The molecule has 3 atom stereocenters. The van der Waals surface area contributed by atoms with E-state index in [0.717, 1.165) is 4.47 Å². The number of esters is 1. The highest BCUT2D eigenvalue weighted by atomic mass is 79.9. The van der Waals surface area contributed by atoms with Gasteiger partial charge in [-0.25, -0.2) is 9.59 Å². The zero-order chi connectivity index (χ0) is 22.7. The minimum absolute atomic E-state index is 0.0264. The summed E-state index contributed by atoms with van der Waals surface area (Å²) in [5, 5.41) is 12.8. The number of hydrogen-bond acceptors (Lipinski definition) is 6. The number of ether oxygens (including phenoxy) is 2. The van der Waals surface area contributed by atoms with Crippen molar-refractivity contribution in [2.24, 2.45) is 0 Å². The van der Waals surface area contributed by atoms with Gasteiger partial charge in [-0.2, -0.15) is 0 Å². The molecule has 166 valence electrons. The highest BCUT2D eigenvalue weighted by Crippen LogP contribution is 2.27. The van der Waals surface area contributed by atoms with E-state index in [-0.39, 0.29) is 19.6 Å². The van der Waals surface area contributed by atoms with E-state index in [2.05, 4.69) is 21.2 Å². The number of halogens is 1. The van der Waals surface area contributed by atoms with Crippen LogP contribution in [0.2, 0.25) is 0 Å². The van der Waals surface area contributed by atoms with Gasteiger partial charge in [0.25, 0.3) is 0 Å². The average molecular weight is 485 g/mol. The number of carbonyl (C=O) groups is 3. The Morgan fingerprint density at radius 3 is 2.33 bits per heavy atom. The molecule has 1 heterocycles. The first-order valence-electron chi connectivity index (χ1n) is 9.80. The molecule has 2 rings (SSSR count). The van der Waals surface area contributed by atoms with Crippen LogP contribution in [-0.2, 0) is 24.6 Å². The van der Waals surface area contributed by atoms with Gasteiger partial charge in [-0.3, -0.25) is 9.69 Å². The number of amides is 2. The molecule has 0 radical (unpaired) electrons.